The fourth-order valence-electron chi connectivity index (χ4n) is 3.29. The number of aromatic nitrogens is 2. The van der Waals surface area contributed by atoms with E-state index in [1.807, 2.05) is 54.6 Å². The van der Waals surface area contributed by atoms with E-state index in [4.69, 9.17) is 16.9 Å². The number of benzene rings is 2. The van der Waals surface area contributed by atoms with Crippen LogP contribution in [0.1, 0.15) is 22.4 Å². The van der Waals surface area contributed by atoms with E-state index in [0.717, 1.165) is 24.2 Å². The molecule has 2 aromatic heterocycles. The fraction of sp³-hybridized carbons (Fsp3) is 0.0833. The minimum Gasteiger partial charge on any atom is -0.347 e. The molecular formula is C24H18ClN3O. The van der Waals surface area contributed by atoms with Crippen molar-refractivity contribution in [2.45, 2.75) is 13.0 Å². The van der Waals surface area contributed by atoms with Gasteiger partial charge in [-0.25, -0.2) is 0 Å². The lowest BCUT2D eigenvalue weighted by Gasteiger charge is -2.11. The van der Waals surface area contributed by atoms with Crippen LogP contribution in [0.3, 0.4) is 0 Å². The quantitative estimate of drug-likeness (QED) is 0.484. The van der Waals surface area contributed by atoms with E-state index in [-0.39, 0.29) is 5.56 Å². The van der Waals surface area contributed by atoms with Crippen molar-refractivity contribution in [3.63, 3.8) is 0 Å². The van der Waals surface area contributed by atoms with E-state index in [2.05, 4.69) is 22.9 Å². The molecule has 5 heteroatoms. The molecule has 0 saturated carbocycles. The lowest BCUT2D eigenvalue weighted by Crippen LogP contribution is -2.16. The van der Waals surface area contributed by atoms with Crippen molar-refractivity contribution in [3.8, 4) is 11.8 Å². The average molecular weight is 400 g/mol. The topological polar surface area (TPSA) is 50.7 Å². The van der Waals surface area contributed by atoms with Gasteiger partial charge in [0, 0.05) is 42.8 Å². The number of halogens is 1. The number of rotatable bonds is 5. The smallest absolute Gasteiger partial charge is 0.255 e. The second kappa shape index (κ2) is 8.22. The molecule has 4 aromatic rings. The van der Waals surface area contributed by atoms with Gasteiger partial charge in [0.2, 0.25) is 0 Å². The van der Waals surface area contributed by atoms with E-state index in [0.29, 0.717) is 10.6 Å². The van der Waals surface area contributed by atoms with Gasteiger partial charge < -0.3 is 4.57 Å². The molecule has 29 heavy (non-hydrogen) atoms. The number of pyridine rings is 1. The maximum Gasteiger partial charge on any atom is 0.255 e. The monoisotopic (exact) mass is 399 g/mol. The molecule has 0 spiro atoms. The Morgan fingerprint density at radius 1 is 0.897 bits per heavy atom. The predicted molar refractivity (Wildman–Crippen MR) is 115 cm³/mol. The van der Waals surface area contributed by atoms with Crippen LogP contribution in [0.5, 0.6) is 0 Å². The van der Waals surface area contributed by atoms with E-state index >= 15 is 0 Å². The summed E-state index contributed by atoms with van der Waals surface area (Å²) >= 11 is 6.01. The van der Waals surface area contributed by atoms with Crippen LogP contribution in [0.4, 0.5) is 0 Å². The zero-order valence-electron chi connectivity index (χ0n) is 15.6. The molecule has 142 valence electrons. The Hall–Kier alpha value is -3.55. The largest absolute Gasteiger partial charge is 0.347 e. The van der Waals surface area contributed by atoms with Crippen molar-refractivity contribution >= 4 is 11.6 Å². The first kappa shape index (κ1) is 18.8. The molecule has 0 unspecified atom stereocenters. The van der Waals surface area contributed by atoms with Crippen LogP contribution in [0.2, 0.25) is 5.02 Å². The Morgan fingerprint density at radius 2 is 1.62 bits per heavy atom. The predicted octanol–water partition coefficient (Wildman–Crippen LogP) is 4.80. The summed E-state index contributed by atoms with van der Waals surface area (Å²) in [4.78, 5) is 12.1. The summed E-state index contributed by atoms with van der Waals surface area (Å²) < 4.78 is 3.75. The van der Waals surface area contributed by atoms with Gasteiger partial charge in [0.1, 0.15) is 0 Å². The summed E-state index contributed by atoms with van der Waals surface area (Å²) in [5.74, 6) is 0. The molecule has 0 aliphatic heterocycles. The normalized spacial score (nSPS) is 10.6. The van der Waals surface area contributed by atoms with Crippen LogP contribution in [-0.2, 0) is 13.0 Å². The third-order valence-corrected chi connectivity index (χ3v) is 5.06. The highest BCUT2D eigenvalue weighted by molar-refractivity contribution is 6.30. The molecule has 0 aliphatic rings. The van der Waals surface area contributed by atoms with Crippen LogP contribution in [0.25, 0.3) is 5.69 Å². The molecule has 2 aromatic carbocycles. The highest BCUT2D eigenvalue weighted by Crippen LogP contribution is 2.16. The fourth-order valence-corrected chi connectivity index (χ4v) is 3.45. The van der Waals surface area contributed by atoms with Gasteiger partial charge in [-0.05, 0) is 53.6 Å². The zero-order chi connectivity index (χ0) is 20.2. The molecule has 0 radical (unpaired) electrons. The van der Waals surface area contributed by atoms with E-state index in [9.17, 15) is 4.79 Å². The Balaban J connectivity index is 1.51. The molecule has 0 N–H and O–H groups in total. The molecule has 0 atom stereocenters. The van der Waals surface area contributed by atoms with Crippen molar-refractivity contribution in [2.75, 3.05) is 0 Å². The Bertz CT molecular complexity index is 1230. The van der Waals surface area contributed by atoms with Gasteiger partial charge in [-0.1, -0.05) is 35.9 Å². The summed E-state index contributed by atoms with van der Waals surface area (Å²) in [5.41, 5.74) is 4.84. The Kier molecular flexibility index (Phi) is 5.33. The van der Waals surface area contributed by atoms with Crippen LogP contribution in [0, 0.1) is 11.3 Å². The number of nitriles is 1. The van der Waals surface area contributed by atoms with Gasteiger partial charge in [0.15, 0.2) is 0 Å². The maximum absolute atomic E-state index is 12.1. The second-order valence-corrected chi connectivity index (χ2v) is 7.27. The SMILES string of the molecule is N#Cc1ccc(Cc2cccn2Cc2ccc(-n3cc(Cl)ccc3=O)cc2)cc1. The Morgan fingerprint density at radius 3 is 2.34 bits per heavy atom. The standard InChI is InChI=1S/C24H18ClN3O/c25-21-9-12-24(29)28(17-21)22-10-7-20(8-11-22)16-27-13-1-2-23(27)14-18-3-5-19(15-26)6-4-18/h1-13,17H,14,16H2. The van der Waals surface area contributed by atoms with Crippen LogP contribution in [0.15, 0.2) is 90.0 Å². The van der Waals surface area contributed by atoms with E-state index < -0.39 is 0 Å². The average Bonchev–Trinajstić information content (AvgIpc) is 3.17. The lowest BCUT2D eigenvalue weighted by molar-refractivity contribution is 0.758. The van der Waals surface area contributed by atoms with E-state index in [1.54, 1.807) is 12.3 Å². The van der Waals surface area contributed by atoms with Gasteiger partial charge in [-0.3, -0.25) is 9.36 Å². The summed E-state index contributed by atoms with van der Waals surface area (Å²) in [6, 6.07) is 24.9. The number of nitrogens with zero attached hydrogens (tertiary/aromatic N) is 3. The molecule has 0 amide bonds. The van der Waals surface area contributed by atoms with Gasteiger partial charge in [-0.2, -0.15) is 5.26 Å². The van der Waals surface area contributed by atoms with Crippen LogP contribution >= 0.6 is 11.6 Å². The third kappa shape index (κ3) is 4.31. The minimum atomic E-state index is -0.114. The minimum absolute atomic E-state index is 0.114. The van der Waals surface area contributed by atoms with E-state index in [1.165, 1.54) is 21.9 Å². The zero-order valence-corrected chi connectivity index (χ0v) is 16.4. The molecule has 2 heterocycles. The summed E-state index contributed by atoms with van der Waals surface area (Å²) in [6.07, 6.45) is 4.49. The van der Waals surface area contributed by atoms with Crippen molar-refractivity contribution in [1.29, 1.82) is 5.26 Å². The second-order valence-electron chi connectivity index (χ2n) is 6.83. The third-order valence-electron chi connectivity index (χ3n) is 4.83. The molecular weight excluding hydrogens is 382 g/mol. The van der Waals surface area contributed by atoms with Crippen molar-refractivity contribution < 1.29 is 0 Å². The highest BCUT2D eigenvalue weighted by Gasteiger charge is 2.05. The summed E-state index contributed by atoms with van der Waals surface area (Å²) in [6.45, 7) is 0.739. The van der Waals surface area contributed by atoms with Crippen LogP contribution in [-0.4, -0.2) is 9.13 Å². The van der Waals surface area contributed by atoms with Gasteiger partial charge in [-0.15, -0.1) is 0 Å². The van der Waals surface area contributed by atoms with Crippen molar-refractivity contribution in [1.82, 2.24) is 9.13 Å². The van der Waals surface area contributed by atoms with Gasteiger partial charge in [0.05, 0.1) is 16.7 Å². The van der Waals surface area contributed by atoms with Gasteiger partial charge >= 0.3 is 0 Å². The van der Waals surface area contributed by atoms with Crippen LogP contribution < -0.4 is 5.56 Å². The van der Waals surface area contributed by atoms with Crippen molar-refractivity contribution in [2.24, 2.45) is 0 Å². The molecule has 4 rings (SSSR count). The maximum atomic E-state index is 12.1. The lowest BCUT2D eigenvalue weighted by atomic mass is 10.1. The summed E-state index contributed by atoms with van der Waals surface area (Å²) in [7, 11) is 0. The highest BCUT2D eigenvalue weighted by atomic mass is 35.5. The first-order valence-corrected chi connectivity index (χ1v) is 9.61. The molecule has 4 nitrogen and oxygen atoms in total. The summed E-state index contributed by atoms with van der Waals surface area (Å²) in [5, 5.41) is 9.46. The van der Waals surface area contributed by atoms with Crippen molar-refractivity contribution in [3.05, 3.63) is 123 Å². The molecule has 0 saturated heterocycles. The number of hydrogen-bond donors (Lipinski definition) is 0. The van der Waals surface area contributed by atoms with Gasteiger partial charge in [0.25, 0.3) is 5.56 Å². The molecule has 0 aliphatic carbocycles. The molecule has 0 bridgehead atoms. The first-order chi connectivity index (χ1) is 14.1. The molecule has 0 fully saturated rings. The number of hydrogen-bond acceptors (Lipinski definition) is 2. The Labute approximate surface area is 173 Å². The first-order valence-electron chi connectivity index (χ1n) is 9.23.